The first-order valence-corrected chi connectivity index (χ1v) is 11.1. The number of amides is 2. The smallest absolute Gasteiger partial charge is 0.339 e. The number of benzene rings is 3. The Hall–Kier alpha value is -4.11. The van der Waals surface area contributed by atoms with Crippen LogP contribution in [-0.2, 0) is 14.3 Å². The third-order valence-electron chi connectivity index (χ3n) is 4.93. The number of halogens is 1. The number of fused-ring (bicyclic) bond motifs is 1. The molecular weight excluding hydrogens is 457 g/mol. The number of hydrogen-bond donors (Lipinski definition) is 1. The van der Waals surface area contributed by atoms with Crippen LogP contribution in [0.3, 0.4) is 0 Å². The Morgan fingerprint density at radius 2 is 1.71 bits per heavy atom. The maximum absolute atomic E-state index is 13.0. The van der Waals surface area contributed by atoms with Crippen molar-refractivity contribution in [3.05, 3.63) is 84.2 Å². The Morgan fingerprint density at radius 3 is 2.47 bits per heavy atom. The topological polar surface area (TPSA) is 88.6 Å². The van der Waals surface area contributed by atoms with Gasteiger partial charge in [0.2, 0.25) is 5.91 Å². The Morgan fingerprint density at radius 1 is 1.00 bits per heavy atom. The Balaban J connectivity index is 1.36. The first kappa shape index (κ1) is 23.1. The second kappa shape index (κ2) is 10.2. The van der Waals surface area contributed by atoms with Crippen molar-refractivity contribution in [2.24, 2.45) is 0 Å². The van der Waals surface area contributed by atoms with Crippen LogP contribution in [0.25, 0.3) is 20.8 Å². The van der Waals surface area contributed by atoms with E-state index in [4.69, 9.17) is 4.74 Å². The molecule has 0 aliphatic carbocycles. The van der Waals surface area contributed by atoms with Crippen LogP contribution in [0.4, 0.5) is 10.1 Å². The van der Waals surface area contributed by atoms with Crippen LogP contribution in [0.1, 0.15) is 10.4 Å². The zero-order chi connectivity index (χ0) is 24.1. The van der Waals surface area contributed by atoms with Gasteiger partial charge in [-0.15, -0.1) is 11.3 Å². The summed E-state index contributed by atoms with van der Waals surface area (Å²) in [6.07, 6.45) is 0. The van der Waals surface area contributed by atoms with Crippen LogP contribution in [0.2, 0.25) is 0 Å². The third kappa shape index (κ3) is 5.44. The molecule has 0 spiro atoms. The summed E-state index contributed by atoms with van der Waals surface area (Å²) in [6.45, 7) is -0.774. The van der Waals surface area contributed by atoms with Gasteiger partial charge in [-0.05, 0) is 42.5 Å². The molecule has 9 heteroatoms. The average Bonchev–Trinajstić information content (AvgIpc) is 3.28. The fraction of sp³-hybridized carbons (Fsp3) is 0.120. The summed E-state index contributed by atoms with van der Waals surface area (Å²) in [5.74, 6) is -2.08. The summed E-state index contributed by atoms with van der Waals surface area (Å²) < 4.78 is 19.2. The first-order valence-electron chi connectivity index (χ1n) is 10.3. The highest BCUT2D eigenvalue weighted by Gasteiger charge is 2.20. The molecule has 0 saturated heterocycles. The van der Waals surface area contributed by atoms with Crippen LogP contribution in [-0.4, -0.2) is 47.9 Å². The van der Waals surface area contributed by atoms with E-state index < -0.39 is 30.2 Å². The zero-order valence-electron chi connectivity index (χ0n) is 18.2. The normalized spacial score (nSPS) is 10.6. The lowest BCUT2D eigenvalue weighted by Crippen LogP contribution is -2.37. The standard InChI is InChI=1S/C25H20FN3O4S/c1-29(14-22(30)27-17-12-10-16(26)11-13-17)23(31)15-33-25(32)19-7-3-2-6-18(19)24-28-20-8-4-5-9-21(20)34-24/h2-13H,14-15H2,1H3,(H,27,30). The minimum Gasteiger partial charge on any atom is -0.452 e. The summed E-state index contributed by atoms with van der Waals surface area (Å²) >= 11 is 1.46. The highest BCUT2D eigenvalue weighted by atomic mass is 32.1. The molecule has 34 heavy (non-hydrogen) atoms. The van der Waals surface area contributed by atoms with Gasteiger partial charge in [0.05, 0.1) is 22.3 Å². The summed E-state index contributed by atoms with van der Waals surface area (Å²) in [6, 6.07) is 19.9. The van der Waals surface area contributed by atoms with Crippen molar-refractivity contribution in [3.63, 3.8) is 0 Å². The first-order chi connectivity index (χ1) is 16.4. The van der Waals surface area contributed by atoms with Gasteiger partial charge in [0, 0.05) is 18.3 Å². The van der Waals surface area contributed by atoms with Crippen molar-refractivity contribution in [3.8, 4) is 10.6 Å². The molecule has 0 radical (unpaired) electrons. The van der Waals surface area contributed by atoms with E-state index in [9.17, 15) is 18.8 Å². The van der Waals surface area contributed by atoms with Gasteiger partial charge < -0.3 is 15.0 Å². The molecule has 0 unspecified atom stereocenters. The van der Waals surface area contributed by atoms with Gasteiger partial charge in [-0.2, -0.15) is 0 Å². The number of esters is 1. The summed E-state index contributed by atoms with van der Waals surface area (Å²) in [7, 11) is 1.43. The Labute approximate surface area is 198 Å². The maximum Gasteiger partial charge on any atom is 0.339 e. The van der Waals surface area contributed by atoms with Crippen molar-refractivity contribution in [1.29, 1.82) is 0 Å². The molecule has 4 aromatic rings. The lowest BCUT2D eigenvalue weighted by molar-refractivity contribution is -0.136. The summed E-state index contributed by atoms with van der Waals surface area (Å²) in [5.41, 5.74) is 2.16. The number of hydrogen-bond acceptors (Lipinski definition) is 6. The second-order valence-corrected chi connectivity index (χ2v) is 8.44. The highest BCUT2D eigenvalue weighted by molar-refractivity contribution is 7.21. The Bertz CT molecular complexity index is 1320. The fourth-order valence-electron chi connectivity index (χ4n) is 3.19. The van der Waals surface area contributed by atoms with E-state index in [1.165, 1.54) is 42.6 Å². The molecule has 0 saturated carbocycles. The number of rotatable bonds is 7. The van der Waals surface area contributed by atoms with E-state index in [-0.39, 0.29) is 6.54 Å². The number of nitrogens with one attached hydrogen (secondary N) is 1. The number of anilines is 1. The van der Waals surface area contributed by atoms with Crippen LogP contribution in [0.5, 0.6) is 0 Å². The quantitative estimate of drug-likeness (QED) is 0.400. The summed E-state index contributed by atoms with van der Waals surface area (Å²) in [5, 5.41) is 3.24. The molecule has 3 aromatic carbocycles. The molecular formula is C25H20FN3O4S. The van der Waals surface area contributed by atoms with Gasteiger partial charge in [-0.25, -0.2) is 14.2 Å². The molecule has 1 aromatic heterocycles. The van der Waals surface area contributed by atoms with Crippen molar-refractivity contribution in [2.45, 2.75) is 0 Å². The number of carbonyl (C=O) groups excluding carboxylic acids is 3. The van der Waals surface area contributed by atoms with Crippen LogP contribution < -0.4 is 5.32 Å². The summed E-state index contributed by atoms with van der Waals surface area (Å²) in [4.78, 5) is 43.0. The van der Waals surface area contributed by atoms with Gasteiger partial charge in [0.25, 0.3) is 5.91 Å². The molecule has 4 rings (SSSR count). The molecule has 7 nitrogen and oxygen atoms in total. The average molecular weight is 478 g/mol. The molecule has 1 heterocycles. The van der Waals surface area contributed by atoms with Crippen LogP contribution in [0.15, 0.2) is 72.8 Å². The lowest BCUT2D eigenvalue weighted by atomic mass is 10.1. The van der Waals surface area contributed by atoms with Gasteiger partial charge in [0.15, 0.2) is 6.61 Å². The number of thiazole rings is 1. The van der Waals surface area contributed by atoms with Gasteiger partial charge in [-0.3, -0.25) is 9.59 Å². The van der Waals surface area contributed by atoms with Crippen LogP contribution in [0, 0.1) is 5.82 Å². The van der Waals surface area contributed by atoms with E-state index in [2.05, 4.69) is 10.3 Å². The van der Waals surface area contributed by atoms with Gasteiger partial charge in [-0.1, -0.05) is 30.3 Å². The lowest BCUT2D eigenvalue weighted by Gasteiger charge is -2.17. The zero-order valence-corrected chi connectivity index (χ0v) is 19.0. The molecule has 0 bridgehead atoms. The third-order valence-corrected chi connectivity index (χ3v) is 6.00. The molecule has 2 amide bonds. The number of carbonyl (C=O) groups is 3. The molecule has 0 aliphatic rings. The van der Waals surface area contributed by atoms with Gasteiger partial charge in [0.1, 0.15) is 10.8 Å². The minimum absolute atomic E-state index is 0.254. The Kier molecular flexibility index (Phi) is 6.93. The molecule has 0 aliphatic heterocycles. The predicted molar refractivity (Wildman–Crippen MR) is 128 cm³/mol. The minimum atomic E-state index is -0.660. The number of likely N-dealkylation sites (N-methyl/N-ethyl adjacent to an activating group) is 1. The van der Waals surface area contributed by atoms with Crippen LogP contribution >= 0.6 is 11.3 Å². The number of para-hydroxylation sites is 1. The molecule has 0 fully saturated rings. The van der Waals surface area contributed by atoms with E-state index in [1.54, 1.807) is 24.3 Å². The number of nitrogens with zero attached hydrogens (tertiary/aromatic N) is 2. The van der Waals surface area contributed by atoms with E-state index in [0.717, 1.165) is 15.1 Å². The van der Waals surface area contributed by atoms with Crippen molar-refractivity contribution >= 4 is 45.0 Å². The molecule has 0 atom stereocenters. The largest absolute Gasteiger partial charge is 0.452 e. The van der Waals surface area contributed by atoms with E-state index >= 15 is 0 Å². The predicted octanol–water partition coefficient (Wildman–Crippen LogP) is 4.36. The van der Waals surface area contributed by atoms with Crippen molar-refractivity contribution in [2.75, 3.05) is 25.5 Å². The van der Waals surface area contributed by atoms with Crippen molar-refractivity contribution < 1.29 is 23.5 Å². The van der Waals surface area contributed by atoms with Crippen molar-refractivity contribution in [1.82, 2.24) is 9.88 Å². The number of aromatic nitrogens is 1. The van der Waals surface area contributed by atoms with Gasteiger partial charge >= 0.3 is 5.97 Å². The second-order valence-electron chi connectivity index (χ2n) is 7.41. The fourth-order valence-corrected chi connectivity index (χ4v) is 4.19. The highest BCUT2D eigenvalue weighted by Crippen LogP contribution is 2.32. The number of ether oxygens (including phenoxy) is 1. The maximum atomic E-state index is 13.0. The van der Waals surface area contributed by atoms with E-state index in [1.807, 2.05) is 24.3 Å². The monoisotopic (exact) mass is 477 g/mol. The molecule has 1 N–H and O–H groups in total. The molecule has 172 valence electrons. The van der Waals surface area contributed by atoms with E-state index in [0.29, 0.717) is 21.8 Å². The SMILES string of the molecule is CN(CC(=O)Nc1ccc(F)cc1)C(=O)COC(=O)c1ccccc1-c1nc2ccccc2s1.